The third-order valence-electron chi connectivity index (χ3n) is 4.96. The van der Waals surface area contributed by atoms with Crippen LogP contribution >= 0.6 is 23.2 Å². The molecule has 4 rings (SSSR count). The number of rotatable bonds is 2. The van der Waals surface area contributed by atoms with E-state index in [0.717, 1.165) is 24.6 Å². The fraction of sp³-hybridized carbons (Fsp3) is 0.762. The number of carbonyl (C=O) groups is 1. The molecule has 1 saturated heterocycles. The lowest BCUT2D eigenvalue weighted by molar-refractivity contribution is 0.0199. The number of ether oxygens (including phenoxy) is 1. The first-order chi connectivity index (χ1) is 15.1. The van der Waals surface area contributed by atoms with Crippen molar-refractivity contribution in [2.75, 3.05) is 11.9 Å². The summed E-state index contributed by atoms with van der Waals surface area (Å²) in [7, 11) is 0. The summed E-state index contributed by atoms with van der Waals surface area (Å²) in [5.74, 6) is 3.24. The molecule has 2 aromatic heterocycles. The van der Waals surface area contributed by atoms with Crippen molar-refractivity contribution >= 4 is 29.3 Å². The number of alkyl halides is 2. The van der Waals surface area contributed by atoms with Gasteiger partial charge in [0.25, 0.3) is 0 Å². The molecule has 0 N–H and O–H groups in total. The summed E-state index contributed by atoms with van der Waals surface area (Å²) < 4.78 is 15.6. The van der Waals surface area contributed by atoms with Crippen molar-refractivity contribution in [3.8, 4) is 0 Å². The van der Waals surface area contributed by atoms with Gasteiger partial charge >= 0.3 is 6.09 Å². The maximum atomic E-state index is 12.1. The molecule has 0 aromatic carbocycles. The molecule has 0 unspecified atom stereocenters. The summed E-state index contributed by atoms with van der Waals surface area (Å²) in [4.78, 5) is 22.1. The van der Waals surface area contributed by atoms with Crippen molar-refractivity contribution in [1.82, 2.24) is 25.2 Å². The van der Waals surface area contributed by atoms with Gasteiger partial charge in [0.05, 0.1) is 5.34 Å². The maximum absolute atomic E-state index is 12.1. The maximum Gasteiger partial charge on any atom is 0.410 e. The second-order valence-electron chi connectivity index (χ2n) is 8.77. The minimum absolute atomic E-state index is 0.152. The van der Waals surface area contributed by atoms with E-state index in [1.165, 1.54) is 25.7 Å². The molecule has 1 atom stereocenters. The summed E-state index contributed by atoms with van der Waals surface area (Å²) in [6, 6.07) is -0.152. The first kappa shape index (κ1) is 26.4. The molecule has 9 nitrogen and oxygen atoms in total. The molecule has 1 aliphatic carbocycles. The molecule has 1 amide bonds. The molecule has 2 fully saturated rings. The minimum atomic E-state index is -0.491. The number of aromatic nitrogens is 4. The van der Waals surface area contributed by atoms with Crippen LogP contribution in [0, 0.1) is 13.8 Å². The smallest absolute Gasteiger partial charge is 0.410 e. The quantitative estimate of drug-likeness (QED) is 0.479. The van der Waals surface area contributed by atoms with Crippen LogP contribution in [0.1, 0.15) is 94.7 Å². The number of likely N-dealkylation sites (tertiary alicyclic amines) is 1. The molecule has 1 aliphatic heterocycles. The van der Waals surface area contributed by atoms with Gasteiger partial charge in [-0.1, -0.05) is 23.2 Å². The molecule has 32 heavy (non-hydrogen) atoms. The Morgan fingerprint density at radius 1 is 1.00 bits per heavy atom. The Balaban J connectivity index is 0.000000220. The van der Waals surface area contributed by atoms with Gasteiger partial charge in [0, 0.05) is 12.5 Å². The second kappa shape index (κ2) is 12.4. The van der Waals surface area contributed by atoms with Gasteiger partial charge in [-0.3, -0.25) is 4.90 Å². The van der Waals surface area contributed by atoms with Crippen LogP contribution in [-0.4, -0.2) is 48.8 Å². The van der Waals surface area contributed by atoms with Crippen molar-refractivity contribution in [2.24, 2.45) is 0 Å². The molecule has 0 spiro atoms. The van der Waals surface area contributed by atoms with Gasteiger partial charge in [-0.05, 0) is 60.3 Å². The topological polar surface area (TPSA) is 107 Å². The first-order valence-electron chi connectivity index (χ1n) is 10.9. The number of hydrogen-bond donors (Lipinski definition) is 0. The molecule has 3 heterocycles. The van der Waals surface area contributed by atoms with E-state index in [9.17, 15) is 4.79 Å². The van der Waals surface area contributed by atoms with E-state index in [4.69, 9.17) is 37.0 Å². The van der Waals surface area contributed by atoms with E-state index in [0.29, 0.717) is 24.2 Å². The monoisotopic (exact) mass is 489 g/mol. The van der Waals surface area contributed by atoms with Crippen LogP contribution in [0.3, 0.4) is 0 Å². The van der Waals surface area contributed by atoms with E-state index in [2.05, 4.69) is 20.3 Å². The van der Waals surface area contributed by atoms with Gasteiger partial charge in [0.15, 0.2) is 11.6 Å². The van der Waals surface area contributed by atoms with E-state index >= 15 is 0 Å². The van der Waals surface area contributed by atoms with Gasteiger partial charge in [-0.15, -0.1) is 23.2 Å². The van der Waals surface area contributed by atoms with Crippen LogP contribution in [-0.2, 0) is 4.74 Å². The Hall–Kier alpha value is -1.87. The van der Waals surface area contributed by atoms with Gasteiger partial charge in [0.2, 0.25) is 11.8 Å². The summed E-state index contributed by atoms with van der Waals surface area (Å²) in [6.45, 7) is 9.86. The molecule has 180 valence electrons. The fourth-order valence-corrected chi connectivity index (χ4v) is 3.66. The van der Waals surface area contributed by atoms with Crippen LogP contribution in [0.2, 0.25) is 0 Å². The third kappa shape index (κ3) is 8.24. The number of carbonyl (C=O) groups excluding carboxylic acids is 1. The number of halogens is 2. The summed E-state index contributed by atoms with van der Waals surface area (Å²) in [5, 5.41) is 7.73. The SMILES string of the molecule is Cc1noc(C2CCCC2)n1.Cc1noc([C@@H]2CCCN2C(=O)OC(C)(C)C)n1.ClCCl. The summed E-state index contributed by atoms with van der Waals surface area (Å²) in [5.41, 5.74) is -0.491. The molecule has 0 radical (unpaired) electrons. The Morgan fingerprint density at radius 2 is 1.53 bits per heavy atom. The highest BCUT2D eigenvalue weighted by Gasteiger charge is 2.36. The number of amides is 1. The lowest BCUT2D eigenvalue weighted by Gasteiger charge is -2.26. The zero-order valence-electron chi connectivity index (χ0n) is 19.4. The predicted octanol–water partition coefficient (Wildman–Crippen LogP) is 5.91. The van der Waals surface area contributed by atoms with E-state index < -0.39 is 5.60 Å². The molecule has 2 aliphatic rings. The second-order valence-corrected chi connectivity index (χ2v) is 9.58. The standard InChI is InChI=1S/C12H19N3O3.C8H12N2O.CH2Cl2/c1-8-13-10(18-14-8)9-6-5-7-15(9)11(16)17-12(2,3)4;1-6-9-8(11-10-6)7-4-2-3-5-7;2-1-3/h9H,5-7H2,1-4H3;7H,2-5H2,1H3;1H2/t9-;;/m0../s1. The molecule has 11 heteroatoms. The van der Waals surface area contributed by atoms with Crippen LogP contribution in [0.15, 0.2) is 9.05 Å². The summed E-state index contributed by atoms with van der Waals surface area (Å²) in [6.07, 6.45) is 6.51. The van der Waals surface area contributed by atoms with Crippen LogP contribution in [0.5, 0.6) is 0 Å². The van der Waals surface area contributed by atoms with E-state index in [1.54, 1.807) is 11.8 Å². The van der Waals surface area contributed by atoms with Gasteiger partial charge in [-0.2, -0.15) is 9.97 Å². The van der Waals surface area contributed by atoms with Crippen molar-refractivity contribution in [1.29, 1.82) is 0 Å². The molecule has 1 saturated carbocycles. The molecule has 2 aromatic rings. The van der Waals surface area contributed by atoms with Gasteiger partial charge in [-0.25, -0.2) is 4.79 Å². The largest absolute Gasteiger partial charge is 0.444 e. The molecule has 0 bridgehead atoms. The predicted molar refractivity (Wildman–Crippen MR) is 121 cm³/mol. The first-order valence-corrected chi connectivity index (χ1v) is 11.9. The van der Waals surface area contributed by atoms with Crippen molar-refractivity contribution < 1.29 is 18.6 Å². The molecular formula is C21H33Cl2N5O4. The summed E-state index contributed by atoms with van der Waals surface area (Å²) >= 11 is 9.53. The number of nitrogens with zero attached hydrogens (tertiary/aromatic N) is 5. The minimum Gasteiger partial charge on any atom is -0.444 e. The Morgan fingerprint density at radius 3 is 2.00 bits per heavy atom. The lowest BCUT2D eigenvalue weighted by Crippen LogP contribution is -2.36. The zero-order chi connectivity index (χ0) is 23.7. The Labute approximate surface area is 199 Å². The third-order valence-corrected chi connectivity index (χ3v) is 4.96. The molecular weight excluding hydrogens is 457 g/mol. The van der Waals surface area contributed by atoms with Crippen LogP contribution in [0.25, 0.3) is 0 Å². The highest BCUT2D eigenvalue weighted by molar-refractivity contribution is 6.40. The van der Waals surface area contributed by atoms with Crippen LogP contribution < -0.4 is 0 Å². The van der Waals surface area contributed by atoms with E-state index in [1.807, 2.05) is 27.7 Å². The fourth-order valence-electron chi connectivity index (χ4n) is 3.66. The Kier molecular flexibility index (Phi) is 10.2. The van der Waals surface area contributed by atoms with Gasteiger partial charge < -0.3 is 13.8 Å². The normalized spacial score (nSPS) is 18.6. The Bertz CT molecular complexity index is 830. The van der Waals surface area contributed by atoms with Crippen molar-refractivity contribution in [3.05, 3.63) is 23.4 Å². The lowest BCUT2D eigenvalue weighted by atomic mass is 10.1. The van der Waals surface area contributed by atoms with Crippen LogP contribution in [0.4, 0.5) is 4.79 Å². The van der Waals surface area contributed by atoms with E-state index in [-0.39, 0.29) is 17.5 Å². The van der Waals surface area contributed by atoms with Crippen molar-refractivity contribution in [3.63, 3.8) is 0 Å². The highest BCUT2D eigenvalue weighted by Crippen LogP contribution is 2.33. The number of aryl methyl sites for hydroxylation is 2. The average molecular weight is 490 g/mol. The number of hydrogen-bond acceptors (Lipinski definition) is 8. The highest BCUT2D eigenvalue weighted by atomic mass is 35.5. The zero-order valence-corrected chi connectivity index (χ0v) is 20.9. The average Bonchev–Trinajstić information content (AvgIpc) is 3.49. The van der Waals surface area contributed by atoms with Gasteiger partial charge in [0.1, 0.15) is 11.6 Å². The van der Waals surface area contributed by atoms with Crippen molar-refractivity contribution in [2.45, 2.75) is 90.7 Å².